The minimum atomic E-state index is -0.599. The molecule has 5 nitrogen and oxygen atoms in total. The van der Waals surface area contributed by atoms with Gasteiger partial charge in [-0.05, 0) is 12.0 Å². The van der Waals surface area contributed by atoms with E-state index in [0.717, 1.165) is 5.69 Å². The summed E-state index contributed by atoms with van der Waals surface area (Å²) in [5.74, 6) is -0.309. The van der Waals surface area contributed by atoms with Crippen molar-refractivity contribution in [3.8, 4) is 0 Å². The van der Waals surface area contributed by atoms with Gasteiger partial charge in [0.15, 0.2) is 5.69 Å². The molecule has 5 heteroatoms. The van der Waals surface area contributed by atoms with Crippen molar-refractivity contribution >= 4 is 5.91 Å². The van der Waals surface area contributed by atoms with Crippen LogP contribution in [-0.4, -0.2) is 21.3 Å². The zero-order chi connectivity index (χ0) is 9.14. The van der Waals surface area contributed by atoms with E-state index in [4.69, 9.17) is 5.21 Å². The Balaban J connectivity index is 2.84. The van der Waals surface area contributed by atoms with Crippen molar-refractivity contribution in [2.45, 2.75) is 19.8 Å². The smallest absolute Gasteiger partial charge is 0.288 e. The van der Waals surface area contributed by atoms with E-state index in [1.807, 2.05) is 13.8 Å². The number of nitrogens with zero attached hydrogens (tertiary/aromatic N) is 1. The van der Waals surface area contributed by atoms with Crippen LogP contribution in [0.4, 0.5) is 0 Å². The van der Waals surface area contributed by atoms with Gasteiger partial charge in [0.25, 0.3) is 5.91 Å². The SMILES string of the molecule is CC(C)c1cc(C(=O)NO)n[nH]1. The van der Waals surface area contributed by atoms with E-state index in [1.165, 1.54) is 5.48 Å². The quantitative estimate of drug-likeness (QED) is 0.449. The number of amides is 1. The fraction of sp³-hybridized carbons (Fsp3) is 0.429. The van der Waals surface area contributed by atoms with E-state index in [9.17, 15) is 4.79 Å². The second kappa shape index (κ2) is 3.36. The molecule has 0 aliphatic heterocycles. The summed E-state index contributed by atoms with van der Waals surface area (Å²) in [6, 6.07) is 1.61. The van der Waals surface area contributed by atoms with Gasteiger partial charge in [0.1, 0.15) is 0 Å². The Kier molecular flexibility index (Phi) is 2.44. The average Bonchev–Trinajstić information content (AvgIpc) is 2.51. The Morgan fingerprint density at radius 1 is 1.75 bits per heavy atom. The molecule has 0 atom stereocenters. The van der Waals surface area contributed by atoms with Crippen molar-refractivity contribution in [3.63, 3.8) is 0 Å². The molecule has 0 aliphatic carbocycles. The molecular weight excluding hydrogens is 158 g/mol. The summed E-state index contributed by atoms with van der Waals surface area (Å²) >= 11 is 0. The van der Waals surface area contributed by atoms with Crippen molar-refractivity contribution in [1.29, 1.82) is 0 Å². The summed E-state index contributed by atoms with van der Waals surface area (Å²) in [4.78, 5) is 10.8. The van der Waals surface area contributed by atoms with Gasteiger partial charge in [0.05, 0.1) is 0 Å². The number of hydroxylamine groups is 1. The Bertz CT molecular complexity index is 280. The topological polar surface area (TPSA) is 78.0 Å². The molecule has 1 aromatic rings. The molecular formula is C7H11N3O2. The number of carbonyl (C=O) groups is 1. The predicted molar refractivity (Wildman–Crippen MR) is 41.9 cm³/mol. The number of aromatic nitrogens is 2. The van der Waals surface area contributed by atoms with Crippen LogP contribution in [-0.2, 0) is 0 Å². The maximum absolute atomic E-state index is 10.8. The average molecular weight is 169 g/mol. The molecule has 1 aromatic heterocycles. The highest BCUT2D eigenvalue weighted by Crippen LogP contribution is 2.11. The Hall–Kier alpha value is -1.36. The van der Waals surface area contributed by atoms with E-state index in [1.54, 1.807) is 6.07 Å². The van der Waals surface area contributed by atoms with E-state index >= 15 is 0 Å². The van der Waals surface area contributed by atoms with Crippen LogP contribution in [0.1, 0.15) is 35.9 Å². The summed E-state index contributed by atoms with van der Waals surface area (Å²) in [6.45, 7) is 3.96. The second-order valence-electron chi connectivity index (χ2n) is 2.80. The fourth-order valence-electron chi connectivity index (χ4n) is 0.806. The summed E-state index contributed by atoms with van der Waals surface area (Å²) in [6.07, 6.45) is 0. The molecule has 0 fully saturated rings. The van der Waals surface area contributed by atoms with Crippen LogP contribution in [0.25, 0.3) is 0 Å². The molecule has 12 heavy (non-hydrogen) atoms. The first-order valence-electron chi connectivity index (χ1n) is 3.65. The largest absolute Gasteiger partial charge is 0.295 e. The van der Waals surface area contributed by atoms with Gasteiger partial charge in [-0.15, -0.1) is 0 Å². The number of hydrogen-bond donors (Lipinski definition) is 3. The van der Waals surface area contributed by atoms with Crippen molar-refractivity contribution in [2.24, 2.45) is 0 Å². The molecule has 66 valence electrons. The summed E-state index contributed by atoms with van der Waals surface area (Å²) in [5.41, 5.74) is 2.58. The minimum absolute atomic E-state index is 0.196. The summed E-state index contributed by atoms with van der Waals surface area (Å²) < 4.78 is 0. The lowest BCUT2D eigenvalue weighted by atomic mass is 10.1. The molecule has 3 N–H and O–H groups in total. The molecule has 0 bridgehead atoms. The third-order valence-electron chi connectivity index (χ3n) is 1.55. The van der Waals surface area contributed by atoms with Gasteiger partial charge in [-0.2, -0.15) is 5.10 Å². The summed E-state index contributed by atoms with van der Waals surface area (Å²) in [5, 5.41) is 14.7. The van der Waals surface area contributed by atoms with Crippen molar-refractivity contribution in [1.82, 2.24) is 15.7 Å². The normalized spacial score (nSPS) is 10.3. The molecule has 0 saturated carbocycles. The molecule has 0 radical (unpaired) electrons. The Morgan fingerprint density at radius 3 is 2.83 bits per heavy atom. The number of aromatic amines is 1. The Morgan fingerprint density at radius 2 is 2.42 bits per heavy atom. The number of rotatable bonds is 2. The maximum atomic E-state index is 10.8. The number of carbonyl (C=O) groups excluding carboxylic acids is 1. The van der Waals surface area contributed by atoms with Crippen molar-refractivity contribution in [3.05, 3.63) is 17.5 Å². The first-order chi connectivity index (χ1) is 5.65. The third kappa shape index (κ3) is 1.62. The van der Waals surface area contributed by atoms with E-state index in [0.29, 0.717) is 0 Å². The molecule has 1 amide bonds. The monoisotopic (exact) mass is 169 g/mol. The van der Waals surface area contributed by atoms with Crippen LogP contribution in [0, 0.1) is 0 Å². The van der Waals surface area contributed by atoms with Crippen LogP contribution in [0.3, 0.4) is 0 Å². The van der Waals surface area contributed by atoms with E-state index in [2.05, 4.69) is 10.2 Å². The lowest BCUT2D eigenvalue weighted by molar-refractivity contribution is 0.0700. The van der Waals surface area contributed by atoms with Gasteiger partial charge < -0.3 is 0 Å². The summed E-state index contributed by atoms with van der Waals surface area (Å²) in [7, 11) is 0. The van der Waals surface area contributed by atoms with Crippen molar-refractivity contribution < 1.29 is 10.0 Å². The zero-order valence-electron chi connectivity index (χ0n) is 6.96. The highest BCUT2D eigenvalue weighted by Gasteiger charge is 2.10. The minimum Gasteiger partial charge on any atom is -0.288 e. The standard InChI is InChI=1S/C7H11N3O2/c1-4(2)5-3-6(9-8-5)7(11)10-12/h3-4,12H,1-2H3,(H,8,9)(H,10,11). The molecule has 0 saturated heterocycles. The lowest BCUT2D eigenvalue weighted by Crippen LogP contribution is -2.18. The first-order valence-corrected chi connectivity index (χ1v) is 3.65. The van der Waals surface area contributed by atoms with Crippen molar-refractivity contribution in [2.75, 3.05) is 0 Å². The molecule has 0 aliphatic rings. The fourth-order valence-corrected chi connectivity index (χ4v) is 0.806. The van der Waals surface area contributed by atoms with Crippen LogP contribution < -0.4 is 5.48 Å². The van der Waals surface area contributed by atoms with E-state index < -0.39 is 5.91 Å². The predicted octanol–water partition coefficient (Wildman–Crippen LogP) is 0.652. The lowest BCUT2D eigenvalue weighted by Gasteiger charge is -1.96. The van der Waals surface area contributed by atoms with Gasteiger partial charge in [0.2, 0.25) is 0 Å². The zero-order valence-corrected chi connectivity index (χ0v) is 6.96. The Labute approximate surface area is 69.7 Å². The van der Waals surface area contributed by atoms with Gasteiger partial charge in [-0.1, -0.05) is 13.8 Å². The van der Waals surface area contributed by atoms with Crippen LogP contribution >= 0.6 is 0 Å². The number of nitrogens with one attached hydrogen (secondary N) is 2. The highest BCUT2D eigenvalue weighted by atomic mass is 16.5. The maximum Gasteiger partial charge on any atom is 0.295 e. The second-order valence-corrected chi connectivity index (χ2v) is 2.80. The van der Waals surface area contributed by atoms with Gasteiger partial charge in [0, 0.05) is 5.69 Å². The van der Waals surface area contributed by atoms with Gasteiger partial charge >= 0.3 is 0 Å². The van der Waals surface area contributed by atoms with Crippen LogP contribution in [0.2, 0.25) is 0 Å². The molecule has 0 aromatic carbocycles. The molecule has 1 heterocycles. The molecule has 1 rings (SSSR count). The third-order valence-corrected chi connectivity index (χ3v) is 1.55. The molecule has 0 unspecified atom stereocenters. The number of hydrogen-bond acceptors (Lipinski definition) is 3. The van der Waals surface area contributed by atoms with Crippen LogP contribution in [0.15, 0.2) is 6.07 Å². The highest BCUT2D eigenvalue weighted by molar-refractivity contribution is 5.91. The van der Waals surface area contributed by atoms with E-state index in [-0.39, 0.29) is 11.6 Å². The molecule has 0 spiro atoms. The van der Waals surface area contributed by atoms with Gasteiger partial charge in [-0.3, -0.25) is 15.1 Å². The first kappa shape index (κ1) is 8.73. The van der Waals surface area contributed by atoms with Crippen LogP contribution in [0.5, 0.6) is 0 Å². The van der Waals surface area contributed by atoms with Gasteiger partial charge in [-0.25, -0.2) is 5.48 Å². The number of H-pyrrole nitrogens is 1.